The van der Waals surface area contributed by atoms with Gasteiger partial charge in [0, 0.05) is 38.8 Å². The second kappa shape index (κ2) is 8.71. The molecular formula is C20H30N4O2S. The first kappa shape index (κ1) is 18.9. The molecule has 1 aromatic rings. The lowest BCUT2D eigenvalue weighted by molar-refractivity contribution is -0.134. The molecule has 0 N–H and O–H groups in total. The van der Waals surface area contributed by atoms with Gasteiger partial charge in [-0.2, -0.15) is 0 Å². The van der Waals surface area contributed by atoms with Crippen molar-refractivity contribution < 1.29 is 9.59 Å². The number of carbonyl (C=O) groups excluding carboxylic acids is 2. The highest BCUT2D eigenvalue weighted by Crippen LogP contribution is 2.21. The lowest BCUT2D eigenvalue weighted by Gasteiger charge is -2.36. The molecule has 1 aromatic heterocycles. The fourth-order valence-corrected chi connectivity index (χ4v) is 5.25. The zero-order valence-corrected chi connectivity index (χ0v) is 16.8. The first-order valence-corrected chi connectivity index (χ1v) is 11.2. The minimum Gasteiger partial charge on any atom is -0.338 e. The molecule has 0 radical (unpaired) electrons. The summed E-state index contributed by atoms with van der Waals surface area (Å²) >= 11 is 1.48. The number of rotatable bonds is 5. The van der Waals surface area contributed by atoms with Gasteiger partial charge in [0.25, 0.3) is 5.91 Å². The third-order valence-corrected chi connectivity index (χ3v) is 7.01. The van der Waals surface area contributed by atoms with Crippen LogP contribution in [-0.4, -0.2) is 96.4 Å². The normalized spacial score (nSPS) is 24.7. The van der Waals surface area contributed by atoms with E-state index in [9.17, 15) is 9.59 Å². The second-order valence-electron chi connectivity index (χ2n) is 7.92. The predicted octanol–water partition coefficient (Wildman–Crippen LogP) is 1.59. The Bertz CT molecular complexity index is 636. The van der Waals surface area contributed by atoms with Gasteiger partial charge in [-0.3, -0.25) is 14.5 Å². The van der Waals surface area contributed by atoms with Crippen molar-refractivity contribution in [1.29, 1.82) is 0 Å². The average molecular weight is 391 g/mol. The van der Waals surface area contributed by atoms with Crippen molar-refractivity contribution in [2.45, 2.75) is 31.7 Å². The summed E-state index contributed by atoms with van der Waals surface area (Å²) in [6.07, 6.45) is 5.06. The fourth-order valence-electron chi connectivity index (χ4n) is 4.56. The third kappa shape index (κ3) is 4.52. The minimum atomic E-state index is 0.0994. The Morgan fingerprint density at radius 3 is 2.41 bits per heavy atom. The monoisotopic (exact) mass is 390 g/mol. The first-order chi connectivity index (χ1) is 13.2. The van der Waals surface area contributed by atoms with Gasteiger partial charge in [-0.05, 0) is 56.8 Å². The highest BCUT2D eigenvalue weighted by molar-refractivity contribution is 7.12. The number of piperazine rings is 1. The molecule has 148 valence electrons. The van der Waals surface area contributed by atoms with E-state index in [-0.39, 0.29) is 11.8 Å². The number of amides is 2. The number of thiophene rings is 1. The fraction of sp³-hybridized carbons (Fsp3) is 0.700. The van der Waals surface area contributed by atoms with Crippen LogP contribution in [0.1, 0.15) is 35.4 Å². The van der Waals surface area contributed by atoms with Crippen molar-refractivity contribution in [2.75, 3.05) is 58.9 Å². The van der Waals surface area contributed by atoms with E-state index in [1.54, 1.807) is 0 Å². The smallest absolute Gasteiger partial charge is 0.264 e. The molecule has 3 aliphatic rings. The van der Waals surface area contributed by atoms with Gasteiger partial charge in [-0.15, -0.1) is 11.3 Å². The summed E-state index contributed by atoms with van der Waals surface area (Å²) in [6.45, 7) is 7.73. The highest BCUT2D eigenvalue weighted by atomic mass is 32.1. The number of hydrogen-bond donors (Lipinski definition) is 0. The molecule has 3 fully saturated rings. The molecule has 0 aliphatic carbocycles. The SMILES string of the molecule is O=C(CN1CCC[C@@H]1CN1CCCC1)N1CCN(C(=O)c2cccs2)CC1. The van der Waals surface area contributed by atoms with E-state index in [1.165, 1.54) is 50.1 Å². The number of carbonyl (C=O) groups is 2. The zero-order valence-electron chi connectivity index (χ0n) is 16.0. The molecule has 0 aromatic carbocycles. The molecule has 2 amide bonds. The largest absolute Gasteiger partial charge is 0.338 e. The van der Waals surface area contributed by atoms with E-state index >= 15 is 0 Å². The molecule has 27 heavy (non-hydrogen) atoms. The Balaban J connectivity index is 1.25. The van der Waals surface area contributed by atoms with Crippen LogP contribution in [0, 0.1) is 0 Å². The molecule has 7 heteroatoms. The van der Waals surface area contributed by atoms with Crippen molar-refractivity contribution in [3.63, 3.8) is 0 Å². The van der Waals surface area contributed by atoms with Crippen LogP contribution in [0.15, 0.2) is 17.5 Å². The van der Waals surface area contributed by atoms with Gasteiger partial charge in [-0.1, -0.05) is 6.07 Å². The zero-order chi connectivity index (χ0) is 18.6. The second-order valence-corrected chi connectivity index (χ2v) is 8.87. The molecule has 0 unspecified atom stereocenters. The number of hydrogen-bond acceptors (Lipinski definition) is 5. The van der Waals surface area contributed by atoms with Gasteiger partial charge < -0.3 is 14.7 Å². The molecule has 3 saturated heterocycles. The lowest BCUT2D eigenvalue weighted by atomic mass is 10.2. The topological polar surface area (TPSA) is 47.1 Å². The van der Waals surface area contributed by atoms with Gasteiger partial charge in [-0.25, -0.2) is 0 Å². The average Bonchev–Trinajstić information content (AvgIpc) is 3.45. The lowest BCUT2D eigenvalue weighted by Crippen LogP contribution is -2.53. The molecule has 4 rings (SSSR count). The standard InChI is InChI=1S/C20H30N4O2S/c25-19(16-24-9-3-5-17(24)15-21-7-1-2-8-21)22-10-12-23(13-11-22)20(26)18-6-4-14-27-18/h4,6,14,17H,1-3,5,7-13,15-16H2/t17-/m1/s1. The quantitative estimate of drug-likeness (QED) is 0.766. The molecule has 3 aliphatic heterocycles. The Hall–Kier alpha value is -1.44. The Morgan fingerprint density at radius 2 is 1.70 bits per heavy atom. The number of nitrogens with zero attached hydrogens (tertiary/aromatic N) is 4. The summed E-state index contributed by atoms with van der Waals surface area (Å²) in [4.78, 5) is 34.8. The van der Waals surface area contributed by atoms with Crippen LogP contribution in [0.4, 0.5) is 0 Å². The van der Waals surface area contributed by atoms with Crippen LogP contribution in [0.3, 0.4) is 0 Å². The Kier molecular flexibility index (Phi) is 6.10. The first-order valence-electron chi connectivity index (χ1n) is 10.3. The summed E-state index contributed by atoms with van der Waals surface area (Å²) < 4.78 is 0. The van der Waals surface area contributed by atoms with Crippen molar-refractivity contribution in [1.82, 2.24) is 19.6 Å². The molecule has 0 saturated carbocycles. The van der Waals surface area contributed by atoms with Gasteiger partial charge in [0.05, 0.1) is 11.4 Å². The van der Waals surface area contributed by atoms with Crippen molar-refractivity contribution in [3.8, 4) is 0 Å². The summed E-state index contributed by atoms with van der Waals surface area (Å²) in [6, 6.07) is 4.32. The molecular weight excluding hydrogens is 360 g/mol. The van der Waals surface area contributed by atoms with E-state index in [1.807, 2.05) is 27.3 Å². The Morgan fingerprint density at radius 1 is 0.963 bits per heavy atom. The van der Waals surface area contributed by atoms with Crippen LogP contribution in [0.2, 0.25) is 0 Å². The highest BCUT2D eigenvalue weighted by Gasteiger charge is 2.31. The summed E-state index contributed by atoms with van der Waals surface area (Å²) in [5.41, 5.74) is 0. The van der Waals surface area contributed by atoms with E-state index in [2.05, 4.69) is 9.80 Å². The van der Waals surface area contributed by atoms with Crippen molar-refractivity contribution >= 4 is 23.2 Å². The van der Waals surface area contributed by atoms with Gasteiger partial charge in [0.2, 0.25) is 5.91 Å². The van der Waals surface area contributed by atoms with Crippen LogP contribution in [0.5, 0.6) is 0 Å². The van der Waals surface area contributed by atoms with Gasteiger partial charge in [0.1, 0.15) is 0 Å². The summed E-state index contributed by atoms with van der Waals surface area (Å²) in [7, 11) is 0. The van der Waals surface area contributed by atoms with E-state index in [0.29, 0.717) is 38.8 Å². The Labute approximate surface area is 165 Å². The number of likely N-dealkylation sites (tertiary alicyclic amines) is 2. The molecule has 0 bridgehead atoms. The van der Waals surface area contributed by atoms with Gasteiger partial charge >= 0.3 is 0 Å². The minimum absolute atomic E-state index is 0.0994. The maximum Gasteiger partial charge on any atom is 0.264 e. The molecule has 4 heterocycles. The van der Waals surface area contributed by atoms with E-state index in [4.69, 9.17) is 0 Å². The maximum atomic E-state index is 12.8. The molecule has 0 spiro atoms. The van der Waals surface area contributed by atoms with Crippen LogP contribution < -0.4 is 0 Å². The molecule has 6 nitrogen and oxygen atoms in total. The van der Waals surface area contributed by atoms with Crippen LogP contribution in [0.25, 0.3) is 0 Å². The maximum absolute atomic E-state index is 12.8. The van der Waals surface area contributed by atoms with Gasteiger partial charge in [0.15, 0.2) is 0 Å². The summed E-state index contributed by atoms with van der Waals surface area (Å²) in [5, 5.41) is 1.93. The van der Waals surface area contributed by atoms with Crippen molar-refractivity contribution in [2.24, 2.45) is 0 Å². The van der Waals surface area contributed by atoms with E-state index < -0.39 is 0 Å². The predicted molar refractivity (Wildman–Crippen MR) is 107 cm³/mol. The molecule has 1 atom stereocenters. The van der Waals surface area contributed by atoms with Crippen LogP contribution >= 0.6 is 11.3 Å². The van der Waals surface area contributed by atoms with Crippen LogP contribution in [-0.2, 0) is 4.79 Å². The summed E-state index contributed by atoms with van der Waals surface area (Å²) in [5.74, 6) is 0.328. The van der Waals surface area contributed by atoms with Crippen molar-refractivity contribution in [3.05, 3.63) is 22.4 Å². The third-order valence-electron chi connectivity index (χ3n) is 6.16. The van der Waals surface area contributed by atoms with E-state index in [0.717, 1.165) is 18.0 Å².